The molecule has 0 spiro atoms. The van der Waals surface area contributed by atoms with Gasteiger partial charge in [-0.1, -0.05) is 92.7 Å². The first-order valence-corrected chi connectivity index (χ1v) is 16.8. The Labute approximate surface area is 286 Å². The van der Waals surface area contributed by atoms with E-state index in [9.17, 15) is 32.7 Å². The number of aryl methyl sites for hydroxylation is 1. The van der Waals surface area contributed by atoms with E-state index in [0.29, 0.717) is 31.2 Å². The van der Waals surface area contributed by atoms with Gasteiger partial charge in [-0.2, -0.15) is 13.2 Å². The highest BCUT2D eigenvalue weighted by atomic mass is 19.4. The predicted octanol–water partition coefficient (Wildman–Crippen LogP) is 5.04. The average molecular weight is 681 g/mol. The Hall–Kier alpha value is -4.22. The normalized spacial score (nSPS) is 18.3. The average Bonchev–Trinajstić information content (AvgIpc) is 3.34. The summed E-state index contributed by atoms with van der Waals surface area (Å²) in [7, 11) is 0. The molecule has 4 rings (SSSR count). The van der Waals surface area contributed by atoms with E-state index >= 15 is 0 Å². The Balaban J connectivity index is 1.55. The van der Waals surface area contributed by atoms with Gasteiger partial charge in [0.2, 0.25) is 17.7 Å². The standard InChI is InChI=1S/C38H47F3N4O4/c1-26(2)23-37(44-27(3)46)19-20-45(36(37)49)33(18-17-28-11-6-4-7-12-28)35(48)43-32(22-29-13-8-5-9-14-29)34(47)25-42-24-30-15-10-16-31(21-30)38(39,40)41/h4-16,21,26,32-34,42,47H,17-20,22-25H2,1-3H3,(H,43,48)(H,44,46)/t32?,33-,34+,37-/m0/s1. The second-order valence-corrected chi connectivity index (χ2v) is 13.4. The summed E-state index contributed by atoms with van der Waals surface area (Å²) in [6.07, 6.45) is -3.66. The van der Waals surface area contributed by atoms with Crippen molar-refractivity contribution < 1.29 is 32.7 Å². The molecule has 3 aromatic rings. The van der Waals surface area contributed by atoms with Crippen LogP contribution in [0.4, 0.5) is 13.2 Å². The second-order valence-electron chi connectivity index (χ2n) is 13.4. The van der Waals surface area contributed by atoms with Crippen molar-refractivity contribution in [3.05, 3.63) is 107 Å². The minimum absolute atomic E-state index is 0.00855. The van der Waals surface area contributed by atoms with Crippen molar-refractivity contribution in [2.45, 2.75) is 89.3 Å². The van der Waals surface area contributed by atoms with Gasteiger partial charge >= 0.3 is 6.18 Å². The minimum Gasteiger partial charge on any atom is -0.390 e. The number of likely N-dealkylation sites (tertiary alicyclic amines) is 1. The van der Waals surface area contributed by atoms with E-state index < -0.39 is 41.4 Å². The van der Waals surface area contributed by atoms with E-state index in [1.165, 1.54) is 13.0 Å². The summed E-state index contributed by atoms with van der Waals surface area (Å²) in [5, 5.41) is 20.3. The molecule has 1 unspecified atom stereocenters. The topological polar surface area (TPSA) is 111 Å². The molecule has 1 aliphatic heterocycles. The third-order valence-electron chi connectivity index (χ3n) is 8.88. The molecule has 0 saturated carbocycles. The molecule has 0 aromatic heterocycles. The first kappa shape index (κ1) is 37.6. The maximum absolute atomic E-state index is 14.3. The predicted molar refractivity (Wildman–Crippen MR) is 182 cm³/mol. The number of benzene rings is 3. The number of hydrogen-bond acceptors (Lipinski definition) is 5. The fraction of sp³-hybridized carbons (Fsp3) is 0.447. The molecule has 1 aliphatic rings. The smallest absolute Gasteiger partial charge is 0.390 e. The van der Waals surface area contributed by atoms with Crippen molar-refractivity contribution in [2.24, 2.45) is 5.92 Å². The molecule has 4 N–H and O–H groups in total. The molecule has 1 saturated heterocycles. The van der Waals surface area contributed by atoms with Crippen LogP contribution in [0.2, 0.25) is 0 Å². The van der Waals surface area contributed by atoms with Gasteiger partial charge in [0, 0.05) is 26.6 Å². The zero-order valence-corrected chi connectivity index (χ0v) is 28.3. The molecule has 1 fully saturated rings. The summed E-state index contributed by atoms with van der Waals surface area (Å²) < 4.78 is 39.6. The molecule has 0 radical (unpaired) electrons. The van der Waals surface area contributed by atoms with Gasteiger partial charge < -0.3 is 26.0 Å². The molecule has 3 aromatic carbocycles. The Morgan fingerprint density at radius 3 is 2.18 bits per heavy atom. The van der Waals surface area contributed by atoms with E-state index in [-0.39, 0.29) is 43.8 Å². The van der Waals surface area contributed by atoms with Crippen LogP contribution in [0.3, 0.4) is 0 Å². The van der Waals surface area contributed by atoms with E-state index in [1.54, 1.807) is 11.0 Å². The van der Waals surface area contributed by atoms with Crippen LogP contribution in [0.5, 0.6) is 0 Å². The number of nitrogens with one attached hydrogen (secondary N) is 3. The fourth-order valence-corrected chi connectivity index (χ4v) is 6.65. The summed E-state index contributed by atoms with van der Waals surface area (Å²) in [5.41, 5.74) is 0.409. The highest BCUT2D eigenvalue weighted by Crippen LogP contribution is 2.33. The van der Waals surface area contributed by atoms with Crippen LogP contribution >= 0.6 is 0 Å². The molecule has 0 aliphatic carbocycles. The van der Waals surface area contributed by atoms with E-state index in [0.717, 1.165) is 23.3 Å². The summed E-state index contributed by atoms with van der Waals surface area (Å²) >= 11 is 0. The number of nitrogens with zero attached hydrogens (tertiary/aromatic N) is 1. The number of aliphatic hydroxyl groups is 1. The van der Waals surface area contributed by atoms with Crippen molar-refractivity contribution >= 4 is 17.7 Å². The van der Waals surface area contributed by atoms with Crippen LogP contribution in [0.15, 0.2) is 84.9 Å². The first-order chi connectivity index (χ1) is 23.3. The number of halogens is 3. The van der Waals surface area contributed by atoms with E-state index in [2.05, 4.69) is 16.0 Å². The SMILES string of the molecule is CC(=O)N[C@]1(CC(C)C)CCN([C@@H](CCc2ccccc2)C(=O)NC(Cc2ccccc2)[C@H](O)CNCc2cccc(C(F)(F)F)c2)C1=O. The zero-order valence-electron chi connectivity index (χ0n) is 28.3. The van der Waals surface area contributed by atoms with Gasteiger partial charge in [-0.25, -0.2) is 0 Å². The van der Waals surface area contributed by atoms with Crippen LogP contribution in [-0.2, 0) is 39.9 Å². The van der Waals surface area contributed by atoms with Gasteiger partial charge in [-0.05, 0) is 60.8 Å². The lowest BCUT2D eigenvalue weighted by molar-refractivity contribution is -0.143. The molecule has 49 heavy (non-hydrogen) atoms. The molecule has 264 valence electrons. The molecular formula is C38H47F3N4O4. The first-order valence-electron chi connectivity index (χ1n) is 16.8. The highest BCUT2D eigenvalue weighted by molar-refractivity contribution is 5.96. The van der Waals surface area contributed by atoms with Crippen molar-refractivity contribution in [1.29, 1.82) is 0 Å². The van der Waals surface area contributed by atoms with Gasteiger partial charge in [0.1, 0.15) is 11.6 Å². The fourth-order valence-electron chi connectivity index (χ4n) is 6.65. The summed E-state index contributed by atoms with van der Waals surface area (Å²) in [4.78, 5) is 42.2. The van der Waals surface area contributed by atoms with Crippen molar-refractivity contribution in [3.8, 4) is 0 Å². The number of aliphatic hydroxyl groups excluding tert-OH is 1. The molecule has 8 nitrogen and oxygen atoms in total. The van der Waals surface area contributed by atoms with Gasteiger partial charge in [-0.3, -0.25) is 14.4 Å². The number of carbonyl (C=O) groups excluding carboxylic acids is 3. The van der Waals surface area contributed by atoms with Gasteiger partial charge in [0.15, 0.2) is 0 Å². The van der Waals surface area contributed by atoms with E-state index in [1.807, 2.05) is 74.5 Å². The van der Waals surface area contributed by atoms with Crippen LogP contribution in [0, 0.1) is 5.92 Å². The number of hydrogen-bond donors (Lipinski definition) is 4. The number of rotatable bonds is 16. The van der Waals surface area contributed by atoms with Gasteiger partial charge in [0.05, 0.1) is 17.7 Å². The summed E-state index contributed by atoms with van der Waals surface area (Å²) in [5.74, 6) is -0.927. The van der Waals surface area contributed by atoms with Crippen LogP contribution in [0.1, 0.15) is 62.3 Å². The lowest BCUT2D eigenvalue weighted by atomic mass is 9.87. The van der Waals surface area contributed by atoms with Crippen molar-refractivity contribution in [2.75, 3.05) is 13.1 Å². The van der Waals surface area contributed by atoms with Crippen LogP contribution in [0.25, 0.3) is 0 Å². The third-order valence-corrected chi connectivity index (χ3v) is 8.88. The quantitative estimate of drug-likeness (QED) is 0.170. The van der Waals surface area contributed by atoms with Crippen molar-refractivity contribution in [1.82, 2.24) is 20.9 Å². The third kappa shape index (κ3) is 10.6. The molecule has 11 heteroatoms. The molecule has 4 atom stereocenters. The summed E-state index contributed by atoms with van der Waals surface area (Å²) in [6.45, 7) is 5.70. The number of alkyl halides is 3. The second kappa shape index (κ2) is 16.9. The van der Waals surface area contributed by atoms with Crippen LogP contribution < -0.4 is 16.0 Å². The lowest BCUT2D eigenvalue weighted by Gasteiger charge is -2.34. The molecule has 1 heterocycles. The minimum atomic E-state index is -4.47. The Morgan fingerprint density at radius 2 is 1.57 bits per heavy atom. The Bertz CT molecular complexity index is 1540. The molecule has 3 amide bonds. The zero-order chi connectivity index (χ0) is 35.6. The monoisotopic (exact) mass is 680 g/mol. The van der Waals surface area contributed by atoms with Gasteiger partial charge in [-0.15, -0.1) is 0 Å². The maximum atomic E-state index is 14.3. The number of carbonyl (C=O) groups is 3. The molecule has 0 bridgehead atoms. The lowest BCUT2D eigenvalue weighted by Crippen LogP contribution is -2.59. The van der Waals surface area contributed by atoms with Crippen molar-refractivity contribution in [3.63, 3.8) is 0 Å². The molecular weight excluding hydrogens is 633 g/mol. The maximum Gasteiger partial charge on any atom is 0.416 e. The summed E-state index contributed by atoms with van der Waals surface area (Å²) in [6, 6.07) is 22.3. The highest BCUT2D eigenvalue weighted by Gasteiger charge is 2.50. The van der Waals surface area contributed by atoms with E-state index in [4.69, 9.17) is 0 Å². The Kier molecular flexibility index (Phi) is 13.0. The van der Waals surface area contributed by atoms with Crippen LogP contribution in [-0.4, -0.2) is 64.5 Å². The number of amides is 3. The largest absolute Gasteiger partial charge is 0.416 e. The Morgan fingerprint density at radius 1 is 0.939 bits per heavy atom. The van der Waals surface area contributed by atoms with Gasteiger partial charge in [0.25, 0.3) is 0 Å².